The summed E-state index contributed by atoms with van der Waals surface area (Å²) in [4.78, 5) is 20.7. The van der Waals surface area contributed by atoms with Crippen LogP contribution >= 0.6 is 0 Å². The van der Waals surface area contributed by atoms with Crippen LogP contribution in [0.15, 0.2) is 12.4 Å². The van der Waals surface area contributed by atoms with Crippen LogP contribution in [-0.2, 0) is 21.9 Å². The number of carbonyl (C=O) groups excluding carboxylic acids is 1. The molecule has 150 valence electrons. The van der Waals surface area contributed by atoms with E-state index in [0.29, 0.717) is 11.3 Å². The summed E-state index contributed by atoms with van der Waals surface area (Å²) >= 11 is 0. The van der Waals surface area contributed by atoms with E-state index < -0.39 is 21.7 Å². The first-order valence-electron chi connectivity index (χ1n) is 8.36. The highest BCUT2D eigenvalue weighted by Crippen LogP contribution is 2.25. The number of ether oxygens (including phenoxy) is 1. The first-order chi connectivity index (χ1) is 12.4. The minimum absolute atomic E-state index is 0.0222. The first kappa shape index (κ1) is 22.6. The van der Waals surface area contributed by atoms with Crippen LogP contribution in [0.1, 0.15) is 50.8 Å². The summed E-state index contributed by atoms with van der Waals surface area (Å²) in [6.45, 7) is 10.9. The lowest BCUT2D eigenvalue weighted by atomic mass is 10.2. The van der Waals surface area contributed by atoms with Crippen LogP contribution in [0.3, 0.4) is 0 Å². The number of aryl methyl sites for hydroxylation is 2. The van der Waals surface area contributed by atoms with Crippen LogP contribution < -0.4 is 4.18 Å². The molecule has 2 rings (SSSR count). The van der Waals surface area contributed by atoms with Gasteiger partial charge >= 0.3 is 16.1 Å². The van der Waals surface area contributed by atoms with Gasteiger partial charge in [0.2, 0.25) is 0 Å². The second kappa shape index (κ2) is 8.47. The van der Waals surface area contributed by atoms with Crippen LogP contribution in [-0.4, -0.2) is 46.0 Å². The van der Waals surface area contributed by atoms with E-state index >= 15 is 0 Å². The highest BCUT2D eigenvalue weighted by Gasteiger charge is 2.26. The fraction of sp³-hybridized carbons (Fsp3) is 0.529. The number of hydrogen-bond acceptors (Lipinski definition) is 8. The Morgan fingerprint density at radius 1 is 1.19 bits per heavy atom. The molecule has 0 saturated heterocycles. The number of esters is 1. The van der Waals surface area contributed by atoms with Gasteiger partial charge in [-0.1, -0.05) is 13.8 Å². The molecule has 0 aliphatic heterocycles. The Bertz CT molecular complexity index is 914. The molecule has 10 heteroatoms. The number of aromatic nitrogens is 4. The van der Waals surface area contributed by atoms with Gasteiger partial charge < -0.3 is 8.92 Å². The Morgan fingerprint density at radius 2 is 1.78 bits per heavy atom. The van der Waals surface area contributed by atoms with Crippen LogP contribution in [0.5, 0.6) is 5.75 Å². The van der Waals surface area contributed by atoms with Gasteiger partial charge in [-0.05, 0) is 27.7 Å². The van der Waals surface area contributed by atoms with Gasteiger partial charge in [-0.15, -0.1) is 0 Å². The van der Waals surface area contributed by atoms with Crippen molar-refractivity contribution in [2.45, 2.75) is 47.1 Å². The molecule has 0 saturated carbocycles. The summed E-state index contributed by atoms with van der Waals surface area (Å²) in [6, 6.07) is 0. The zero-order chi connectivity index (χ0) is 21.0. The number of nitrogens with zero attached hydrogens (tertiary/aromatic N) is 4. The maximum atomic E-state index is 12.4. The van der Waals surface area contributed by atoms with Gasteiger partial charge in [0, 0.05) is 7.05 Å². The number of rotatable bonds is 4. The van der Waals surface area contributed by atoms with Crippen molar-refractivity contribution in [3.05, 3.63) is 23.8 Å². The van der Waals surface area contributed by atoms with Gasteiger partial charge in [0.1, 0.15) is 5.60 Å². The van der Waals surface area contributed by atoms with Crippen molar-refractivity contribution in [3.63, 3.8) is 0 Å². The summed E-state index contributed by atoms with van der Waals surface area (Å²) in [5.74, 6) is -0.318. The van der Waals surface area contributed by atoms with Gasteiger partial charge in [0.15, 0.2) is 17.3 Å². The lowest BCUT2D eigenvalue weighted by Crippen LogP contribution is -2.25. The van der Waals surface area contributed by atoms with Crippen molar-refractivity contribution in [2.75, 3.05) is 6.26 Å². The quantitative estimate of drug-likeness (QED) is 0.570. The van der Waals surface area contributed by atoms with Crippen molar-refractivity contribution < 1.29 is 22.1 Å². The molecule has 0 N–H and O–H groups in total. The Balaban J connectivity index is 0.00000176. The summed E-state index contributed by atoms with van der Waals surface area (Å²) in [7, 11) is -2.08. The van der Waals surface area contributed by atoms with Gasteiger partial charge in [-0.25, -0.2) is 14.8 Å². The van der Waals surface area contributed by atoms with E-state index in [1.54, 1.807) is 34.7 Å². The minimum Gasteiger partial charge on any atom is -0.455 e. The third kappa shape index (κ3) is 6.31. The molecule has 0 amide bonds. The smallest absolute Gasteiger partial charge is 0.357 e. The topological polar surface area (TPSA) is 113 Å². The van der Waals surface area contributed by atoms with Crippen LogP contribution in [0.4, 0.5) is 0 Å². The predicted molar refractivity (Wildman–Crippen MR) is 101 cm³/mol. The maximum Gasteiger partial charge on any atom is 0.357 e. The summed E-state index contributed by atoms with van der Waals surface area (Å²) in [6.07, 6.45) is 3.62. The molecule has 2 heterocycles. The zero-order valence-electron chi connectivity index (χ0n) is 16.9. The second-order valence-electron chi connectivity index (χ2n) is 6.46. The molecule has 0 atom stereocenters. The van der Waals surface area contributed by atoms with E-state index in [1.165, 1.54) is 17.1 Å². The van der Waals surface area contributed by atoms with Gasteiger partial charge in [0.25, 0.3) is 0 Å². The molecule has 27 heavy (non-hydrogen) atoms. The SMILES string of the molecule is CC.Cc1nc(-c2cnn(C)c2C(=O)OC(C)(C)C)ncc1OS(C)(=O)=O. The average Bonchev–Trinajstić information content (AvgIpc) is 2.90. The molecule has 2 aromatic rings. The summed E-state index contributed by atoms with van der Waals surface area (Å²) in [5.41, 5.74) is 0.231. The minimum atomic E-state index is -3.69. The lowest BCUT2D eigenvalue weighted by molar-refractivity contribution is 0.00584. The molecule has 0 bridgehead atoms. The number of hydrogen-bond donors (Lipinski definition) is 0. The van der Waals surface area contributed by atoms with Crippen molar-refractivity contribution >= 4 is 16.1 Å². The fourth-order valence-electron chi connectivity index (χ4n) is 2.00. The molecule has 0 aliphatic rings. The molecule has 0 fully saturated rings. The Kier molecular flexibility index (Phi) is 7.07. The second-order valence-corrected chi connectivity index (χ2v) is 8.04. The highest BCUT2D eigenvalue weighted by molar-refractivity contribution is 7.86. The third-order valence-corrected chi connectivity index (χ3v) is 3.43. The largest absolute Gasteiger partial charge is 0.455 e. The Morgan fingerprint density at radius 3 is 2.26 bits per heavy atom. The molecule has 0 spiro atoms. The van der Waals surface area contributed by atoms with E-state index in [9.17, 15) is 13.2 Å². The Hall–Kier alpha value is -2.49. The standard InChI is InChI=1S/C15H20N4O5S.C2H6/c1-9-11(24-25(6,21)22)8-16-13(18-9)10-7-17-19(5)12(10)14(20)23-15(2,3)4;1-2/h7-8H,1-6H3;1-2H3. The molecule has 0 aromatic carbocycles. The van der Waals surface area contributed by atoms with E-state index in [4.69, 9.17) is 8.92 Å². The van der Waals surface area contributed by atoms with E-state index in [-0.39, 0.29) is 17.3 Å². The molecule has 0 unspecified atom stereocenters. The molecule has 0 radical (unpaired) electrons. The molecular weight excluding hydrogens is 372 g/mol. The van der Waals surface area contributed by atoms with Gasteiger partial charge in [-0.2, -0.15) is 13.5 Å². The van der Waals surface area contributed by atoms with E-state index in [1.807, 2.05) is 13.8 Å². The summed E-state index contributed by atoms with van der Waals surface area (Å²) in [5, 5.41) is 4.06. The third-order valence-electron chi connectivity index (χ3n) is 2.95. The monoisotopic (exact) mass is 398 g/mol. The van der Waals surface area contributed by atoms with Crippen molar-refractivity contribution in [2.24, 2.45) is 7.05 Å². The fourth-order valence-corrected chi connectivity index (χ4v) is 2.49. The normalized spacial score (nSPS) is 11.4. The van der Waals surface area contributed by atoms with E-state index in [2.05, 4.69) is 15.1 Å². The first-order valence-corrected chi connectivity index (χ1v) is 10.2. The zero-order valence-corrected chi connectivity index (χ0v) is 17.7. The van der Waals surface area contributed by atoms with Crippen LogP contribution in [0.25, 0.3) is 11.4 Å². The van der Waals surface area contributed by atoms with Crippen LogP contribution in [0.2, 0.25) is 0 Å². The maximum absolute atomic E-state index is 12.4. The molecule has 0 aliphatic carbocycles. The van der Waals surface area contributed by atoms with Crippen LogP contribution in [0, 0.1) is 6.92 Å². The molecule has 9 nitrogen and oxygen atoms in total. The summed E-state index contributed by atoms with van der Waals surface area (Å²) < 4.78 is 34.0. The Labute approximate surface area is 159 Å². The van der Waals surface area contributed by atoms with Gasteiger partial charge in [-0.3, -0.25) is 4.68 Å². The molecular formula is C17H26N4O5S. The lowest BCUT2D eigenvalue weighted by Gasteiger charge is -2.19. The molecule has 2 aromatic heterocycles. The predicted octanol–water partition coefficient (Wildman–Crippen LogP) is 2.51. The van der Waals surface area contributed by atoms with E-state index in [0.717, 1.165) is 6.26 Å². The van der Waals surface area contributed by atoms with Crippen molar-refractivity contribution in [3.8, 4) is 17.1 Å². The highest BCUT2D eigenvalue weighted by atomic mass is 32.2. The van der Waals surface area contributed by atoms with Crippen molar-refractivity contribution in [1.82, 2.24) is 19.7 Å². The van der Waals surface area contributed by atoms with Crippen molar-refractivity contribution in [1.29, 1.82) is 0 Å². The number of carbonyl (C=O) groups is 1. The average molecular weight is 398 g/mol. The van der Waals surface area contributed by atoms with Gasteiger partial charge in [0.05, 0.1) is 29.9 Å².